The van der Waals surface area contributed by atoms with E-state index in [9.17, 15) is 10.1 Å². The Kier molecular flexibility index (Phi) is 4.91. The third kappa shape index (κ3) is 4.30. The molecule has 0 unspecified atom stereocenters. The highest BCUT2D eigenvalue weighted by molar-refractivity contribution is 9.10. The first-order valence-electron chi connectivity index (χ1n) is 6.34. The summed E-state index contributed by atoms with van der Waals surface area (Å²) in [4.78, 5) is 11.0. The summed E-state index contributed by atoms with van der Waals surface area (Å²) in [5.74, 6) is -0.106. The third-order valence-corrected chi connectivity index (χ3v) is 3.35. The van der Waals surface area contributed by atoms with E-state index in [4.69, 9.17) is 0 Å². The smallest absolute Gasteiger partial charge is 0.221 e. The topological polar surface area (TPSA) is 52.9 Å². The van der Waals surface area contributed by atoms with E-state index in [1.165, 1.54) is 6.92 Å². The van der Waals surface area contributed by atoms with Gasteiger partial charge in [-0.2, -0.15) is 5.26 Å². The summed E-state index contributed by atoms with van der Waals surface area (Å²) in [5.41, 5.74) is 3.10. The molecule has 0 bridgehead atoms. The molecule has 0 radical (unpaired) electrons. The van der Waals surface area contributed by atoms with Crippen molar-refractivity contribution in [1.82, 2.24) is 0 Å². The fourth-order valence-electron chi connectivity index (χ4n) is 1.84. The van der Waals surface area contributed by atoms with Crippen molar-refractivity contribution in [3.63, 3.8) is 0 Å². The van der Waals surface area contributed by atoms with Crippen LogP contribution in [0.3, 0.4) is 0 Å². The second-order valence-corrected chi connectivity index (χ2v) is 5.40. The van der Waals surface area contributed by atoms with Crippen molar-refractivity contribution in [3.8, 4) is 6.07 Å². The van der Waals surface area contributed by atoms with E-state index in [-0.39, 0.29) is 5.91 Å². The lowest BCUT2D eigenvalue weighted by molar-refractivity contribution is -0.114. The molecule has 0 aromatic heterocycles. The van der Waals surface area contributed by atoms with Gasteiger partial charge in [0.05, 0.1) is 11.6 Å². The molecule has 0 heterocycles. The van der Waals surface area contributed by atoms with Gasteiger partial charge >= 0.3 is 0 Å². The molecule has 1 N–H and O–H groups in total. The van der Waals surface area contributed by atoms with Crippen LogP contribution in [-0.2, 0) is 4.79 Å². The number of carbonyl (C=O) groups excluding carboxylic acids is 1. The predicted octanol–water partition coefficient (Wildman–Crippen LogP) is 4.47. The minimum Gasteiger partial charge on any atom is -0.326 e. The Morgan fingerprint density at radius 1 is 1.14 bits per heavy atom. The number of rotatable bonds is 3. The minimum absolute atomic E-state index is 0.106. The maximum Gasteiger partial charge on any atom is 0.221 e. The highest BCUT2D eigenvalue weighted by Gasteiger charge is 2.01. The summed E-state index contributed by atoms with van der Waals surface area (Å²) in [6.45, 7) is 1.47. The number of nitrogens with one attached hydrogen (secondary N) is 1. The lowest BCUT2D eigenvalue weighted by atomic mass is 10.0. The Labute approximate surface area is 132 Å². The number of anilines is 1. The van der Waals surface area contributed by atoms with Crippen LogP contribution < -0.4 is 5.32 Å². The molecule has 0 saturated heterocycles. The van der Waals surface area contributed by atoms with Crippen LogP contribution in [-0.4, -0.2) is 5.91 Å². The minimum atomic E-state index is -0.106. The number of hydrogen-bond acceptors (Lipinski definition) is 2. The number of amides is 1. The van der Waals surface area contributed by atoms with Crippen molar-refractivity contribution in [1.29, 1.82) is 5.26 Å². The summed E-state index contributed by atoms with van der Waals surface area (Å²) in [5, 5.41) is 12.0. The number of benzene rings is 2. The number of nitriles is 1. The molecule has 0 atom stereocenters. The van der Waals surface area contributed by atoms with Gasteiger partial charge in [0, 0.05) is 17.1 Å². The Morgan fingerprint density at radius 3 is 2.29 bits per heavy atom. The second-order valence-electron chi connectivity index (χ2n) is 4.48. The van der Waals surface area contributed by atoms with Crippen molar-refractivity contribution >= 4 is 39.2 Å². The first-order valence-corrected chi connectivity index (χ1v) is 7.13. The summed E-state index contributed by atoms with van der Waals surface area (Å²) < 4.78 is 0.975. The van der Waals surface area contributed by atoms with Gasteiger partial charge in [0.25, 0.3) is 0 Å². The van der Waals surface area contributed by atoms with E-state index in [2.05, 4.69) is 27.3 Å². The molecule has 0 saturated carbocycles. The van der Waals surface area contributed by atoms with Crippen LogP contribution in [0.15, 0.2) is 53.0 Å². The van der Waals surface area contributed by atoms with Crippen molar-refractivity contribution in [2.75, 3.05) is 5.32 Å². The normalized spacial score (nSPS) is 10.8. The molecule has 21 heavy (non-hydrogen) atoms. The van der Waals surface area contributed by atoms with E-state index in [0.717, 1.165) is 21.3 Å². The molecule has 2 aromatic rings. The van der Waals surface area contributed by atoms with Gasteiger partial charge in [-0.05, 0) is 41.5 Å². The fraction of sp³-hybridized carbons (Fsp3) is 0.0588. The molecule has 0 fully saturated rings. The van der Waals surface area contributed by atoms with Crippen molar-refractivity contribution in [2.45, 2.75) is 6.92 Å². The molecule has 0 aliphatic heterocycles. The van der Waals surface area contributed by atoms with Gasteiger partial charge in [-0.1, -0.05) is 40.2 Å². The molecule has 4 heteroatoms. The Hall–Kier alpha value is -2.38. The molecule has 0 aliphatic carbocycles. The van der Waals surface area contributed by atoms with Crippen molar-refractivity contribution in [3.05, 3.63) is 64.1 Å². The van der Waals surface area contributed by atoms with Crippen molar-refractivity contribution < 1.29 is 4.79 Å². The molecule has 0 aliphatic rings. The molecule has 104 valence electrons. The summed E-state index contributed by atoms with van der Waals surface area (Å²) in [6, 6.07) is 17.1. The zero-order valence-electron chi connectivity index (χ0n) is 11.4. The number of allylic oxidation sites excluding steroid dienone is 1. The lowest BCUT2D eigenvalue weighted by Gasteiger charge is -2.03. The summed E-state index contributed by atoms with van der Waals surface area (Å²) in [6.07, 6.45) is 1.82. The second kappa shape index (κ2) is 6.87. The SMILES string of the molecule is CC(=O)Nc1ccc(C=C(C#N)c2ccc(Br)cc2)cc1. The fourth-order valence-corrected chi connectivity index (χ4v) is 2.11. The molecule has 1 amide bonds. The number of hydrogen-bond donors (Lipinski definition) is 1. The van der Waals surface area contributed by atoms with Gasteiger partial charge in [0.2, 0.25) is 5.91 Å². The van der Waals surface area contributed by atoms with Crippen LogP contribution in [0.2, 0.25) is 0 Å². The largest absolute Gasteiger partial charge is 0.326 e. The van der Waals surface area contributed by atoms with E-state index < -0.39 is 0 Å². The van der Waals surface area contributed by atoms with Crippen LogP contribution in [0.25, 0.3) is 11.6 Å². The van der Waals surface area contributed by atoms with E-state index >= 15 is 0 Å². The quantitative estimate of drug-likeness (QED) is 0.661. The Balaban J connectivity index is 2.26. The van der Waals surface area contributed by atoms with Crippen LogP contribution >= 0.6 is 15.9 Å². The van der Waals surface area contributed by atoms with E-state index in [0.29, 0.717) is 5.57 Å². The van der Waals surface area contributed by atoms with Gasteiger partial charge in [0.15, 0.2) is 0 Å². The highest BCUT2D eigenvalue weighted by Crippen LogP contribution is 2.21. The Bertz CT molecular complexity index is 710. The van der Waals surface area contributed by atoms with Gasteiger partial charge in [0.1, 0.15) is 0 Å². The molecule has 3 nitrogen and oxygen atoms in total. The van der Waals surface area contributed by atoms with Crippen LogP contribution in [0.1, 0.15) is 18.1 Å². The number of halogens is 1. The van der Waals surface area contributed by atoms with Gasteiger partial charge in [-0.15, -0.1) is 0 Å². The molecule has 0 spiro atoms. The van der Waals surface area contributed by atoms with Crippen LogP contribution in [0.4, 0.5) is 5.69 Å². The number of carbonyl (C=O) groups is 1. The number of nitrogens with zero attached hydrogens (tertiary/aromatic N) is 1. The van der Waals surface area contributed by atoms with Gasteiger partial charge in [-0.3, -0.25) is 4.79 Å². The van der Waals surface area contributed by atoms with Gasteiger partial charge < -0.3 is 5.32 Å². The monoisotopic (exact) mass is 340 g/mol. The molecular formula is C17H13BrN2O. The Morgan fingerprint density at radius 2 is 1.76 bits per heavy atom. The molecule has 2 rings (SSSR count). The average molecular weight is 341 g/mol. The molecular weight excluding hydrogens is 328 g/mol. The maximum absolute atomic E-state index is 11.0. The standard InChI is InChI=1S/C17H13BrN2O/c1-12(21)20-17-8-2-13(3-9-17)10-15(11-19)14-4-6-16(18)7-5-14/h2-10H,1H3,(H,20,21). The van der Waals surface area contributed by atoms with Crippen LogP contribution in [0.5, 0.6) is 0 Å². The summed E-state index contributed by atoms with van der Waals surface area (Å²) >= 11 is 3.37. The van der Waals surface area contributed by atoms with Crippen LogP contribution in [0, 0.1) is 11.3 Å². The van der Waals surface area contributed by atoms with Crippen molar-refractivity contribution in [2.24, 2.45) is 0 Å². The third-order valence-electron chi connectivity index (χ3n) is 2.82. The van der Waals surface area contributed by atoms with E-state index in [1.807, 2.05) is 54.6 Å². The summed E-state index contributed by atoms with van der Waals surface area (Å²) in [7, 11) is 0. The first kappa shape index (κ1) is 15.0. The first-order chi connectivity index (χ1) is 10.1. The highest BCUT2D eigenvalue weighted by atomic mass is 79.9. The lowest BCUT2D eigenvalue weighted by Crippen LogP contribution is -2.05. The zero-order chi connectivity index (χ0) is 15.2. The van der Waals surface area contributed by atoms with E-state index in [1.54, 1.807) is 0 Å². The maximum atomic E-state index is 11.0. The predicted molar refractivity (Wildman–Crippen MR) is 88.4 cm³/mol. The molecule has 2 aromatic carbocycles. The van der Waals surface area contributed by atoms with Gasteiger partial charge in [-0.25, -0.2) is 0 Å². The average Bonchev–Trinajstić information content (AvgIpc) is 2.47. The zero-order valence-corrected chi connectivity index (χ0v) is 13.0.